The van der Waals surface area contributed by atoms with Crippen molar-refractivity contribution >= 4 is 18.0 Å². The molecular weight excluding hydrogens is 298 g/mol. The van der Waals surface area contributed by atoms with Gasteiger partial charge < -0.3 is 14.8 Å². The van der Waals surface area contributed by atoms with Crippen molar-refractivity contribution in [3.8, 4) is 11.5 Å². The molecular formula is C16H23N3O4. The number of carbonyl (C=O) groups is 2. The molecule has 23 heavy (non-hydrogen) atoms. The predicted octanol–water partition coefficient (Wildman–Crippen LogP) is 1.46. The summed E-state index contributed by atoms with van der Waals surface area (Å²) >= 11 is 0. The number of benzene rings is 1. The molecule has 0 unspecified atom stereocenters. The van der Waals surface area contributed by atoms with E-state index in [1.165, 1.54) is 6.21 Å². The first-order valence-corrected chi connectivity index (χ1v) is 7.54. The van der Waals surface area contributed by atoms with Crippen molar-refractivity contribution in [2.45, 2.75) is 26.7 Å². The third-order valence-electron chi connectivity index (χ3n) is 2.77. The van der Waals surface area contributed by atoms with Crippen molar-refractivity contribution in [3.63, 3.8) is 0 Å². The van der Waals surface area contributed by atoms with Crippen LogP contribution in [0.15, 0.2) is 23.3 Å². The lowest BCUT2D eigenvalue weighted by atomic mass is 10.2. The maximum absolute atomic E-state index is 11.5. The van der Waals surface area contributed by atoms with E-state index in [-0.39, 0.29) is 0 Å². The lowest BCUT2D eigenvalue weighted by Crippen LogP contribution is -2.38. The van der Waals surface area contributed by atoms with E-state index in [1.807, 2.05) is 13.8 Å². The summed E-state index contributed by atoms with van der Waals surface area (Å²) in [6.45, 7) is 4.98. The quantitative estimate of drug-likeness (QED) is 0.431. The monoisotopic (exact) mass is 321 g/mol. The first-order chi connectivity index (χ1) is 11.1. The van der Waals surface area contributed by atoms with Gasteiger partial charge in [0.2, 0.25) is 0 Å². The molecule has 0 aliphatic carbocycles. The molecule has 1 aromatic rings. The molecule has 0 fully saturated rings. The Labute approximate surface area is 136 Å². The van der Waals surface area contributed by atoms with Gasteiger partial charge in [0.25, 0.3) is 0 Å². The zero-order chi connectivity index (χ0) is 17.1. The van der Waals surface area contributed by atoms with Gasteiger partial charge in [0.15, 0.2) is 11.5 Å². The van der Waals surface area contributed by atoms with E-state index in [2.05, 4.69) is 15.8 Å². The summed E-state index contributed by atoms with van der Waals surface area (Å²) in [7, 11) is 1.55. The SMILES string of the molecule is CCCNC(=O)C(=O)N/N=C\c1ccc(OCCC)c(OC)c1. The normalized spacial score (nSPS) is 10.4. The first-order valence-electron chi connectivity index (χ1n) is 7.54. The Balaban J connectivity index is 2.62. The van der Waals surface area contributed by atoms with Gasteiger partial charge in [-0.3, -0.25) is 9.59 Å². The van der Waals surface area contributed by atoms with E-state index in [4.69, 9.17) is 9.47 Å². The minimum atomic E-state index is -0.801. The number of carbonyl (C=O) groups excluding carboxylic acids is 2. The summed E-state index contributed by atoms with van der Waals surface area (Å²) in [4.78, 5) is 22.8. The maximum atomic E-state index is 11.5. The van der Waals surface area contributed by atoms with Gasteiger partial charge in [-0.2, -0.15) is 5.10 Å². The molecule has 0 saturated heterocycles. The highest BCUT2D eigenvalue weighted by molar-refractivity contribution is 6.35. The van der Waals surface area contributed by atoms with Crippen molar-refractivity contribution in [3.05, 3.63) is 23.8 Å². The summed E-state index contributed by atoms with van der Waals surface area (Å²) in [5.41, 5.74) is 2.88. The van der Waals surface area contributed by atoms with E-state index in [0.29, 0.717) is 30.2 Å². The standard InChI is InChI=1S/C16H23N3O4/c1-4-8-17-15(20)16(21)19-18-11-12-6-7-13(23-9-5-2)14(10-12)22-3/h6-7,10-11H,4-5,8-9H2,1-3H3,(H,17,20)(H,19,21)/b18-11-. The molecule has 0 radical (unpaired) electrons. The van der Waals surface area contributed by atoms with Crippen molar-refractivity contribution in [2.75, 3.05) is 20.3 Å². The molecule has 7 nitrogen and oxygen atoms in total. The van der Waals surface area contributed by atoms with E-state index in [9.17, 15) is 9.59 Å². The highest BCUT2D eigenvalue weighted by atomic mass is 16.5. The van der Waals surface area contributed by atoms with Crippen LogP contribution < -0.4 is 20.2 Å². The Kier molecular flexibility index (Phi) is 8.20. The van der Waals surface area contributed by atoms with Crippen molar-refractivity contribution in [1.82, 2.24) is 10.7 Å². The molecule has 126 valence electrons. The Morgan fingerprint density at radius 2 is 1.96 bits per heavy atom. The smallest absolute Gasteiger partial charge is 0.329 e. The van der Waals surface area contributed by atoms with Gasteiger partial charge >= 0.3 is 11.8 Å². The van der Waals surface area contributed by atoms with Gasteiger partial charge in [0.05, 0.1) is 19.9 Å². The number of rotatable bonds is 8. The van der Waals surface area contributed by atoms with Gasteiger partial charge in [0, 0.05) is 6.54 Å². The summed E-state index contributed by atoms with van der Waals surface area (Å²) in [6, 6.07) is 5.28. The fourth-order valence-corrected chi connectivity index (χ4v) is 1.63. The first kappa shape index (κ1) is 18.5. The number of hydrogen-bond acceptors (Lipinski definition) is 5. The molecule has 0 spiro atoms. The number of hydrogen-bond donors (Lipinski definition) is 2. The van der Waals surface area contributed by atoms with Crippen LogP contribution in [0.2, 0.25) is 0 Å². The Morgan fingerprint density at radius 1 is 1.17 bits per heavy atom. The van der Waals surface area contributed by atoms with Crippen LogP contribution in [0, 0.1) is 0 Å². The number of amides is 2. The third kappa shape index (κ3) is 6.37. The summed E-state index contributed by atoms with van der Waals surface area (Å²) in [6.07, 6.45) is 3.09. The largest absolute Gasteiger partial charge is 0.493 e. The van der Waals surface area contributed by atoms with Crippen LogP contribution in [0.25, 0.3) is 0 Å². The number of methoxy groups -OCH3 is 1. The van der Waals surface area contributed by atoms with Crippen LogP contribution in [0.5, 0.6) is 11.5 Å². The third-order valence-corrected chi connectivity index (χ3v) is 2.77. The van der Waals surface area contributed by atoms with Crippen molar-refractivity contribution in [1.29, 1.82) is 0 Å². The van der Waals surface area contributed by atoms with Crippen molar-refractivity contribution in [2.24, 2.45) is 5.10 Å². The lowest BCUT2D eigenvalue weighted by molar-refractivity contribution is -0.139. The molecule has 0 heterocycles. The Bertz CT molecular complexity index is 558. The fraction of sp³-hybridized carbons (Fsp3) is 0.438. The topological polar surface area (TPSA) is 89.0 Å². The zero-order valence-corrected chi connectivity index (χ0v) is 13.7. The Hall–Kier alpha value is -2.57. The minimum absolute atomic E-state index is 0.451. The summed E-state index contributed by atoms with van der Waals surface area (Å²) < 4.78 is 10.8. The molecule has 0 atom stereocenters. The second-order valence-corrected chi connectivity index (χ2v) is 4.71. The Morgan fingerprint density at radius 3 is 2.61 bits per heavy atom. The van der Waals surface area contributed by atoms with Gasteiger partial charge in [-0.05, 0) is 36.6 Å². The highest BCUT2D eigenvalue weighted by Gasteiger charge is 2.11. The van der Waals surface area contributed by atoms with Crippen LogP contribution in [0.1, 0.15) is 32.3 Å². The average Bonchev–Trinajstić information content (AvgIpc) is 2.57. The molecule has 0 aromatic heterocycles. The second kappa shape index (κ2) is 10.2. The van der Waals surface area contributed by atoms with Crippen LogP contribution >= 0.6 is 0 Å². The van der Waals surface area contributed by atoms with Gasteiger partial charge in [-0.1, -0.05) is 13.8 Å². The van der Waals surface area contributed by atoms with Gasteiger partial charge in [-0.25, -0.2) is 5.43 Å². The van der Waals surface area contributed by atoms with Crippen molar-refractivity contribution < 1.29 is 19.1 Å². The summed E-state index contributed by atoms with van der Waals surface area (Å²) in [5, 5.41) is 6.22. The van der Waals surface area contributed by atoms with Gasteiger partial charge in [0.1, 0.15) is 0 Å². The second-order valence-electron chi connectivity index (χ2n) is 4.71. The van der Waals surface area contributed by atoms with Gasteiger partial charge in [-0.15, -0.1) is 0 Å². The van der Waals surface area contributed by atoms with Crippen LogP contribution in [-0.4, -0.2) is 38.3 Å². The minimum Gasteiger partial charge on any atom is -0.493 e. The van der Waals surface area contributed by atoms with E-state index in [0.717, 1.165) is 12.8 Å². The molecule has 0 bridgehead atoms. The van der Waals surface area contributed by atoms with Crippen LogP contribution in [-0.2, 0) is 9.59 Å². The number of ether oxygens (including phenoxy) is 2. The molecule has 0 saturated carbocycles. The van der Waals surface area contributed by atoms with E-state index >= 15 is 0 Å². The lowest BCUT2D eigenvalue weighted by Gasteiger charge is -2.10. The zero-order valence-electron chi connectivity index (χ0n) is 13.7. The average molecular weight is 321 g/mol. The predicted molar refractivity (Wildman–Crippen MR) is 87.8 cm³/mol. The number of nitrogens with one attached hydrogen (secondary N) is 2. The molecule has 2 N–H and O–H groups in total. The van der Waals surface area contributed by atoms with E-state index in [1.54, 1.807) is 25.3 Å². The van der Waals surface area contributed by atoms with Crippen LogP contribution in [0.3, 0.4) is 0 Å². The molecule has 2 amide bonds. The number of hydrazone groups is 1. The highest BCUT2D eigenvalue weighted by Crippen LogP contribution is 2.27. The maximum Gasteiger partial charge on any atom is 0.329 e. The molecule has 7 heteroatoms. The number of nitrogens with zero attached hydrogens (tertiary/aromatic N) is 1. The fourth-order valence-electron chi connectivity index (χ4n) is 1.63. The van der Waals surface area contributed by atoms with E-state index < -0.39 is 11.8 Å². The van der Waals surface area contributed by atoms with Crippen LogP contribution in [0.4, 0.5) is 0 Å². The summed E-state index contributed by atoms with van der Waals surface area (Å²) in [5.74, 6) is -0.279. The molecule has 0 aliphatic rings. The molecule has 0 aliphatic heterocycles. The molecule has 1 rings (SSSR count). The molecule has 1 aromatic carbocycles.